The summed E-state index contributed by atoms with van der Waals surface area (Å²) >= 11 is 1.39. The zero-order valence-corrected chi connectivity index (χ0v) is 15.5. The van der Waals surface area contributed by atoms with Crippen LogP contribution in [0.2, 0.25) is 0 Å². The maximum absolute atomic E-state index is 12.4. The smallest absolute Gasteiger partial charge is 0.265 e. The van der Waals surface area contributed by atoms with Crippen LogP contribution in [0.15, 0.2) is 66.0 Å². The normalized spacial score (nSPS) is 10.6. The van der Waals surface area contributed by atoms with Crippen molar-refractivity contribution >= 4 is 34.5 Å². The Morgan fingerprint density at radius 1 is 0.846 bits per heavy atom. The van der Waals surface area contributed by atoms with Gasteiger partial charge in [0.25, 0.3) is 11.8 Å². The SMILES string of the molecule is CC(C)c1cccc(NC(=O)c2ccc(NC(=O)c3cccs3)cc2)c1. The number of anilines is 2. The molecule has 0 spiro atoms. The van der Waals surface area contributed by atoms with Gasteiger partial charge < -0.3 is 10.6 Å². The number of thiophene rings is 1. The van der Waals surface area contributed by atoms with Crippen LogP contribution in [-0.4, -0.2) is 11.8 Å². The summed E-state index contributed by atoms with van der Waals surface area (Å²) in [6.45, 7) is 4.23. The second-order valence-electron chi connectivity index (χ2n) is 6.24. The van der Waals surface area contributed by atoms with Crippen LogP contribution in [0.25, 0.3) is 0 Å². The molecule has 5 heteroatoms. The van der Waals surface area contributed by atoms with Crippen LogP contribution in [0.4, 0.5) is 11.4 Å². The Hall–Kier alpha value is -2.92. The highest BCUT2D eigenvalue weighted by atomic mass is 32.1. The van der Waals surface area contributed by atoms with Crippen LogP contribution >= 0.6 is 11.3 Å². The number of carbonyl (C=O) groups excluding carboxylic acids is 2. The zero-order valence-electron chi connectivity index (χ0n) is 14.7. The summed E-state index contributed by atoms with van der Waals surface area (Å²) in [4.78, 5) is 25.1. The van der Waals surface area contributed by atoms with Gasteiger partial charge in [0.2, 0.25) is 0 Å². The van der Waals surface area contributed by atoms with E-state index in [4.69, 9.17) is 0 Å². The van der Waals surface area contributed by atoms with E-state index in [0.29, 0.717) is 22.0 Å². The van der Waals surface area contributed by atoms with Gasteiger partial charge in [0.1, 0.15) is 0 Å². The lowest BCUT2D eigenvalue weighted by molar-refractivity contribution is 0.102. The minimum absolute atomic E-state index is 0.150. The lowest BCUT2D eigenvalue weighted by Crippen LogP contribution is -2.13. The van der Waals surface area contributed by atoms with Crippen molar-refractivity contribution in [2.24, 2.45) is 0 Å². The molecule has 4 nitrogen and oxygen atoms in total. The molecule has 2 amide bonds. The third kappa shape index (κ3) is 4.37. The molecule has 0 unspecified atom stereocenters. The molecule has 0 saturated heterocycles. The summed E-state index contributed by atoms with van der Waals surface area (Å²) in [6, 6.07) is 18.3. The molecule has 0 saturated carbocycles. The van der Waals surface area contributed by atoms with E-state index in [1.54, 1.807) is 30.3 Å². The Labute approximate surface area is 156 Å². The fourth-order valence-electron chi connectivity index (χ4n) is 2.48. The van der Waals surface area contributed by atoms with Crippen LogP contribution < -0.4 is 10.6 Å². The van der Waals surface area contributed by atoms with Gasteiger partial charge in [-0.3, -0.25) is 9.59 Å². The molecule has 0 atom stereocenters. The minimum Gasteiger partial charge on any atom is -0.322 e. The van der Waals surface area contributed by atoms with Gasteiger partial charge >= 0.3 is 0 Å². The van der Waals surface area contributed by atoms with E-state index in [0.717, 1.165) is 5.69 Å². The number of nitrogens with one attached hydrogen (secondary N) is 2. The maximum Gasteiger partial charge on any atom is 0.265 e. The number of hydrogen-bond acceptors (Lipinski definition) is 3. The number of carbonyl (C=O) groups is 2. The van der Waals surface area contributed by atoms with E-state index in [-0.39, 0.29) is 11.8 Å². The molecule has 0 aliphatic carbocycles. The molecule has 0 fully saturated rings. The van der Waals surface area contributed by atoms with E-state index < -0.39 is 0 Å². The van der Waals surface area contributed by atoms with Gasteiger partial charge in [0, 0.05) is 16.9 Å². The average molecular weight is 364 g/mol. The summed E-state index contributed by atoms with van der Waals surface area (Å²) < 4.78 is 0. The predicted octanol–water partition coefficient (Wildman–Crippen LogP) is 5.38. The molecule has 26 heavy (non-hydrogen) atoms. The molecule has 0 aliphatic rings. The molecule has 0 aliphatic heterocycles. The van der Waals surface area contributed by atoms with Crippen molar-refractivity contribution in [3.8, 4) is 0 Å². The summed E-state index contributed by atoms with van der Waals surface area (Å²) in [5, 5.41) is 7.59. The molecule has 0 bridgehead atoms. The Bertz CT molecular complexity index is 900. The Balaban J connectivity index is 1.65. The van der Waals surface area contributed by atoms with E-state index in [1.165, 1.54) is 16.9 Å². The fraction of sp³-hybridized carbons (Fsp3) is 0.143. The molecular weight excluding hydrogens is 344 g/mol. The van der Waals surface area contributed by atoms with Crippen LogP contribution in [0.1, 0.15) is 45.4 Å². The maximum atomic E-state index is 12.4. The van der Waals surface area contributed by atoms with Gasteiger partial charge in [-0.1, -0.05) is 32.0 Å². The van der Waals surface area contributed by atoms with Gasteiger partial charge in [-0.2, -0.15) is 0 Å². The second-order valence-corrected chi connectivity index (χ2v) is 7.19. The van der Waals surface area contributed by atoms with Gasteiger partial charge in [-0.05, 0) is 59.3 Å². The van der Waals surface area contributed by atoms with Crippen molar-refractivity contribution in [3.63, 3.8) is 0 Å². The quantitative estimate of drug-likeness (QED) is 0.639. The first-order valence-corrected chi connectivity index (χ1v) is 9.27. The van der Waals surface area contributed by atoms with Gasteiger partial charge in [0.05, 0.1) is 4.88 Å². The first-order valence-electron chi connectivity index (χ1n) is 8.39. The van der Waals surface area contributed by atoms with Crippen LogP contribution in [0.5, 0.6) is 0 Å². The first-order chi connectivity index (χ1) is 12.5. The summed E-state index contributed by atoms with van der Waals surface area (Å²) in [5.41, 5.74) is 3.14. The highest BCUT2D eigenvalue weighted by Gasteiger charge is 2.10. The highest BCUT2D eigenvalue weighted by molar-refractivity contribution is 7.12. The Kier molecular flexibility index (Phi) is 5.49. The van der Waals surface area contributed by atoms with Crippen molar-refractivity contribution in [3.05, 3.63) is 82.0 Å². The van der Waals surface area contributed by atoms with Crippen LogP contribution in [0, 0.1) is 0 Å². The standard InChI is InChI=1S/C21H20N2O2S/c1-14(2)16-5-3-6-18(13-16)23-20(24)15-8-10-17(11-9-15)22-21(25)19-7-4-12-26-19/h3-14H,1-2H3,(H,22,25)(H,23,24). The number of hydrogen-bond donors (Lipinski definition) is 2. The van der Waals surface area contributed by atoms with Crippen molar-refractivity contribution in [1.82, 2.24) is 0 Å². The monoisotopic (exact) mass is 364 g/mol. The van der Waals surface area contributed by atoms with Crippen LogP contribution in [0.3, 0.4) is 0 Å². The number of rotatable bonds is 5. The third-order valence-electron chi connectivity index (χ3n) is 3.96. The molecule has 1 heterocycles. The summed E-state index contributed by atoms with van der Waals surface area (Å²) in [6.07, 6.45) is 0. The summed E-state index contributed by atoms with van der Waals surface area (Å²) in [5.74, 6) is 0.0721. The summed E-state index contributed by atoms with van der Waals surface area (Å²) in [7, 11) is 0. The van der Waals surface area contributed by atoms with E-state index in [9.17, 15) is 9.59 Å². The minimum atomic E-state index is -0.179. The molecule has 2 aromatic carbocycles. The predicted molar refractivity (Wildman–Crippen MR) is 107 cm³/mol. The molecule has 0 radical (unpaired) electrons. The van der Waals surface area contributed by atoms with Gasteiger partial charge in [0.15, 0.2) is 0 Å². The number of benzene rings is 2. The average Bonchev–Trinajstić information content (AvgIpc) is 3.17. The Morgan fingerprint density at radius 3 is 2.23 bits per heavy atom. The van der Waals surface area contributed by atoms with Crippen molar-refractivity contribution in [1.29, 1.82) is 0 Å². The molecule has 132 valence electrons. The molecule has 2 N–H and O–H groups in total. The third-order valence-corrected chi connectivity index (χ3v) is 4.83. The Morgan fingerprint density at radius 2 is 1.58 bits per heavy atom. The highest BCUT2D eigenvalue weighted by Crippen LogP contribution is 2.20. The van der Waals surface area contributed by atoms with E-state index >= 15 is 0 Å². The van der Waals surface area contributed by atoms with Gasteiger partial charge in [-0.15, -0.1) is 11.3 Å². The lowest BCUT2D eigenvalue weighted by atomic mass is 10.0. The largest absolute Gasteiger partial charge is 0.322 e. The zero-order chi connectivity index (χ0) is 18.5. The first kappa shape index (κ1) is 17.9. The van der Waals surface area contributed by atoms with Crippen molar-refractivity contribution < 1.29 is 9.59 Å². The second kappa shape index (κ2) is 7.97. The van der Waals surface area contributed by atoms with Gasteiger partial charge in [-0.25, -0.2) is 0 Å². The number of amides is 2. The van der Waals surface area contributed by atoms with E-state index in [2.05, 4.69) is 24.5 Å². The van der Waals surface area contributed by atoms with E-state index in [1.807, 2.05) is 35.7 Å². The topological polar surface area (TPSA) is 58.2 Å². The fourth-order valence-corrected chi connectivity index (χ4v) is 3.10. The molecule has 3 aromatic rings. The molecular formula is C21H20N2O2S. The lowest BCUT2D eigenvalue weighted by Gasteiger charge is -2.10. The van der Waals surface area contributed by atoms with Crippen LogP contribution in [-0.2, 0) is 0 Å². The molecule has 1 aromatic heterocycles. The van der Waals surface area contributed by atoms with Crippen molar-refractivity contribution in [2.45, 2.75) is 19.8 Å². The van der Waals surface area contributed by atoms with Crippen molar-refractivity contribution in [2.75, 3.05) is 10.6 Å². The molecule has 3 rings (SSSR count).